The topological polar surface area (TPSA) is 27.3 Å². The minimum atomic E-state index is -0.316. The molecule has 0 saturated carbocycles. The second-order valence-corrected chi connectivity index (χ2v) is 8.19. The molecule has 26 heavy (non-hydrogen) atoms. The fraction of sp³-hybridized carbons (Fsp3) is 0.455. The van der Waals surface area contributed by atoms with Crippen LogP contribution in [0, 0.1) is 0 Å². The number of hydrogen-bond acceptors (Lipinski definition) is 3. The van der Waals surface area contributed by atoms with Gasteiger partial charge in [0.05, 0.1) is 0 Å². The van der Waals surface area contributed by atoms with Gasteiger partial charge >= 0.3 is 0 Å². The van der Waals surface area contributed by atoms with Crippen molar-refractivity contribution in [1.82, 2.24) is 10.6 Å². The predicted molar refractivity (Wildman–Crippen MR) is 114 cm³/mol. The van der Waals surface area contributed by atoms with Gasteiger partial charge in [0.2, 0.25) is 0 Å². The number of hydrogen-bond donors (Lipinski definition) is 2. The zero-order chi connectivity index (χ0) is 18.1. The third-order valence-electron chi connectivity index (χ3n) is 5.69. The molecule has 4 heteroatoms. The van der Waals surface area contributed by atoms with E-state index < -0.39 is 0 Å². The molecule has 3 nitrogen and oxygen atoms in total. The van der Waals surface area contributed by atoms with Crippen molar-refractivity contribution in [2.45, 2.75) is 38.8 Å². The molecule has 0 aromatic heterocycles. The summed E-state index contributed by atoms with van der Waals surface area (Å²) in [6.45, 7) is 8.53. The molecule has 1 heterocycles. The third-order valence-corrected chi connectivity index (χ3v) is 6.18. The monoisotopic (exact) mass is 413 g/mol. The van der Waals surface area contributed by atoms with E-state index in [0.717, 1.165) is 17.6 Å². The second kappa shape index (κ2) is 7.34. The fourth-order valence-electron chi connectivity index (χ4n) is 4.61. The summed E-state index contributed by atoms with van der Waals surface area (Å²) in [5.41, 5.74) is 6.39. The number of benzene rings is 2. The number of rotatable bonds is 5. The quantitative estimate of drug-likeness (QED) is 0.686. The normalized spacial score (nSPS) is 17.9. The van der Waals surface area contributed by atoms with Crippen molar-refractivity contribution in [3.63, 3.8) is 0 Å². The maximum Gasteiger partial charge on any atom is 0.123 e. The minimum absolute atomic E-state index is 0.316. The average Bonchev–Trinajstić information content (AvgIpc) is 2.92. The summed E-state index contributed by atoms with van der Waals surface area (Å²) >= 11 is 3.68. The van der Waals surface area contributed by atoms with E-state index in [4.69, 9.17) is 0 Å². The SMILES string of the molecule is CCNC1(NCC)c2cc(Br)ccc2-c2ccc(N3CCCCC3)cc21. The Kier molecular flexibility index (Phi) is 5.09. The van der Waals surface area contributed by atoms with Crippen molar-refractivity contribution in [3.8, 4) is 11.1 Å². The maximum atomic E-state index is 3.78. The lowest BCUT2D eigenvalue weighted by Crippen LogP contribution is -2.53. The average molecular weight is 414 g/mol. The lowest BCUT2D eigenvalue weighted by Gasteiger charge is -2.35. The number of anilines is 1. The van der Waals surface area contributed by atoms with Crippen LogP contribution in [0.1, 0.15) is 44.2 Å². The van der Waals surface area contributed by atoms with Gasteiger partial charge in [0.25, 0.3) is 0 Å². The Morgan fingerprint density at radius 3 is 2.15 bits per heavy atom. The van der Waals surface area contributed by atoms with Crippen molar-refractivity contribution in [2.75, 3.05) is 31.1 Å². The second-order valence-electron chi connectivity index (χ2n) is 7.28. The fourth-order valence-corrected chi connectivity index (χ4v) is 4.97. The van der Waals surface area contributed by atoms with E-state index in [2.05, 4.69) is 81.7 Å². The van der Waals surface area contributed by atoms with Crippen LogP contribution < -0.4 is 15.5 Å². The summed E-state index contributed by atoms with van der Waals surface area (Å²) in [5.74, 6) is 0. The van der Waals surface area contributed by atoms with Gasteiger partial charge in [-0.2, -0.15) is 0 Å². The Balaban J connectivity index is 1.87. The van der Waals surface area contributed by atoms with Crippen molar-refractivity contribution >= 4 is 21.6 Å². The van der Waals surface area contributed by atoms with Crippen LogP contribution in [-0.2, 0) is 5.66 Å². The molecule has 0 amide bonds. The Bertz CT molecular complexity index is 790. The van der Waals surface area contributed by atoms with Gasteiger partial charge in [-0.05, 0) is 67.7 Å². The van der Waals surface area contributed by atoms with E-state index in [1.54, 1.807) is 0 Å². The molecule has 0 radical (unpaired) electrons. The summed E-state index contributed by atoms with van der Waals surface area (Å²) in [5, 5.41) is 7.56. The highest BCUT2D eigenvalue weighted by Crippen LogP contribution is 2.48. The van der Waals surface area contributed by atoms with E-state index in [1.165, 1.54) is 60.3 Å². The first-order valence-electron chi connectivity index (χ1n) is 9.89. The molecular formula is C22H28BrN3. The van der Waals surface area contributed by atoms with Gasteiger partial charge in [-0.3, -0.25) is 10.6 Å². The van der Waals surface area contributed by atoms with Crippen LogP contribution in [-0.4, -0.2) is 26.2 Å². The first-order chi connectivity index (χ1) is 12.7. The molecular weight excluding hydrogens is 386 g/mol. The van der Waals surface area contributed by atoms with Crippen molar-refractivity contribution < 1.29 is 0 Å². The lowest BCUT2D eigenvalue weighted by molar-refractivity contribution is 0.341. The number of nitrogens with zero attached hydrogens (tertiary/aromatic N) is 1. The zero-order valence-corrected chi connectivity index (χ0v) is 17.3. The Labute approximate surface area is 165 Å². The summed E-state index contributed by atoms with van der Waals surface area (Å²) < 4.78 is 1.13. The summed E-state index contributed by atoms with van der Waals surface area (Å²) in [6.07, 6.45) is 3.96. The van der Waals surface area contributed by atoms with Gasteiger partial charge in [0.1, 0.15) is 5.66 Å². The van der Waals surface area contributed by atoms with Crippen LogP contribution in [0.5, 0.6) is 0 Å². The highest BCUT2D eigenvalue weighted by Gasteiger charge is 2.42. The van der Waals surface area contributed by atoms with Crippen LogP contribution in [0.25, 0.3) is 11.1 Å². The highest BCUT2D eigenvalue weighted by atomic mass is 79.9. The van der Waals surface area contributed by atoms with E-state index in [-0.39, 0.29) is 5.66 Å². The number of nitrogens with one attached hydrogen (secondary N) is 2. The molecule has 2 aromatic carbocycles. The third kappa shape index (κ3) is 2.88. The van der Waals surface area contributed by atoms with Crippen LogP contribution in [0.15, 0.2) is 40.9 Å². The lowest BCUT2D eigenvalue weighted by atomic mass is 9.95. The molecule has 2 N–H and O–H groups in total. The highest BCUT2D eigenvalue weighted by molar-refractivity contribution is 9.10. The van der Waals surface area contributed by atoms with E-state index >= 15 is 0 Å². The van der Waals surface area contributed by atoms with Gasteiger partial charge in [0.15, 0.2) is 0 Å². The van der Waals surface area contributed by atoms with Gasteiger partial charge in [-0.15, -0.1) is 0 Å². The molecule has 2 aliphatic rings. The van der Waals surface area contributed by atoms with Gasteiger partial charge in [-0.25, -0.2) is 0 Å². The van der Waals surface area contributed by atoms with Crippen LogP contribution in [0.3, 0.4) is 0 Å². The summed E-state index contributed by atoms with van der Waals surface area (Å²) in [4.78, 5) is 2.55. The molecule has 4 rings (SSSR count). The molecule has 0 atom stereocenters. The number of piperidine rings is 1. The molecule has 138 valence electrons. The Morgan fingerprint density at radius 2 is 1.50 bits per heavy atom. The standard InChI is InChI=1S/C22H28BrN3/c1-3-24-22(25-4-2)20-14-16(23)8-10-18(20)19-11-9-17(15-21(19)22)26-12-6-5-7-13-26/h8-11,14-15,24-25H,3-7,12-13H2,1-2H3. The van der Waals surface area contributed by atoms with Crippen molar-refractivity contribution in [3.05, 3.63) is 52.0 Å². The number of halogens is 1. The molecule has 1 saturated heterocycles. The molecule has 0 spiro atoms. The van der Waals surface area contributed by atoms with Crippen molar-refractivity contribution in [1.29, 1.82) is 0 Å². The van der Waals surface area contributed by atoms with Crippen LogP contribution in [0.2, 0.25) is 0 Å². The number of fused-ring (bicyclic) bond motifs is 3. The van der Waals surface area contributed by atoms with E-state index in [9.17, 15) is 0 Å². The summed E-state index contributed by atoms with van der Waals surface area (Å²) in [7, 11) is 0. The maximum absolute atomic E-state index is 3.78. The Hall–Kier alpha value is -1.36. The Morgan fingerprint density at radius 1 is 0.885 bits per heavy atom. The van der Waals surface area contributed by atoms with Gasteiger partial charge < -0.3 is 4.90 Å². The van der Waals surface area contributed by atoms with Crippen LogP contribution >= 0.6 is 15.9 Å². The summed E-state index contributed by atoms with van der Waals surface area (Å²) in [6, 6.07) is 13.7. The van der Waals surface area contributed by atoms with Gasteiger partial charge in [0, 0.05) is 34.4 Å². The first kappa shape index (κ1) is 18.0. The van der Waals surface area contributed by atoms with E-state index in [1.807, 2.05) is 0 Å². The molecule has 0 bridgehead atoms. The molecule has 1 fully saturated rings. The van der Waals surface area contributed by atoms with Crippen molar-refractivity contribution in [2.24, 2.45) is 0 Å². The molecule has 1 aliphatic heterocycles. The van der Waals surface area contributed by atoms with Gasteiger partial charge in [-0.1, -0.05) is 41.9 Å². The smallest absolute Gasteiger partial charge is 0.123 e. The first-order valence-corrected chi connectivity index (χ1v) is 10.7. The zero-order valence-electron chi connectivity index (χ0n) is 15.7. The minimum Gasteiger partial charge on any atom is -0.372 e. The molecule has 0 unspecified atom stereocenters. The largest absolute Gasteiger partial charge is 0.372 e. The van der Waals surface area contributed by atoms with Crippen LogP contribution in [0.4, 0.5) is 5.69 Å². The predicted octanol–water partition coefficient (Wildman–Crippen LogP) is 4.84. The molecule has 1 aliphatic carbocycles. The molecule has 2 aromatic rings. The van der Waals surface area contributed by atoms with E-state index in [0.29, 0.717) is 0 Å².